The number of likely N-dealkylation sites (N-methyl/N-ethyl adjacent to an activating group) is 1. The van der Waals surface area contributed by atoms with Gasteiger partial charge in [0.25, 0.3) is 5.91 Å². The molecule has 0 fully saturated rings. The van der Waals surface area contributed by atoms with E-state index in [0.717, 1.165) is 24.3 Å². The Bertz CT molecular complexity index is 1410. The Balaban J connectivity index is 1.92. The molecule has 0 saturated heterocycles. The average Bonchev–Trinajstić information content (AvgIpc) is 2.81. The van der Waals surface area contributed by atoms with Crippen molar-refractivity contribution in [3.05, 3.63) is 64.7 Å². The van der Waals surface area contributed by atoms with Gasteiger partial charge < -0.3 is 19.3 Å². The Morgan fingerprint density at radius 2 is 1.87 bits per heavy atom. The highest BCUT2D eigenvalue weighted by Gasteiger charge is 2.31. The fourth-order valence-corrected chi connectivity index (χ4v) is 5.63. The molecule has 2 atom stereocenters. The van der Waals surface area contributed by atoms with E-state index >= 15 is 4.39 Å². The first kappa shape index (κ1) is 28.1. The summed E-state index contributed by atoms with van der Waals surface area (Å²) in [6.07, 6.45) is -0.740. The van der Waals surface area contributed by atoms with Crippen molar-refractivity contribution in [1.82, 2.24) is 4.90 Å². The van der Waals surface area contributed by atoms with Crippen molar-refractivity contribution in [2.24, 2.45) is 0 Å². The molecule has 0 aromatic heterocycles. The molecule has 0 saturated carbocycles. The zero-order chi connectivity index (χ0) is 27.9. The van der Waals surface area contributed by atoms with E-state index < -0.39 is 63.7 Å². The number of phenolic OH excluding ortho intramolecular Hbond substituents is 1. The van der Waals surface area contributed by atoms with Crippen LogP contribution in [0.1, 0.15) is 17.3 Å². The number of nitrogens with one attached hydrogen (secondary N) is 1. The molecule has 2 unspecified atom stereocenters. The predicted octanol–water partition coefficient (Wildman–Crippen LogP) is 6.59. The van der Waals surface area contributed by atoms with E-state index in [9.17, 15) is 32.0 Å². The molecule has 2 N–H and O–H groups in total. The summed E-state index contributed by atoms with van der Waals surface area (Å²) in [7, 11) is 1.44. The summed E-state index contributed by atoms with van der Waals surface area (Å²) in [6, 6.07) is 7.09. The first-order chi connectivity index (χ1) is 17.7. The number of alkyl halides is 3. The molecule has 202 valence electrons. The lowest BCUT2D eigenvalue weighted by atomic mass is 10.0. The van der Waals surface area contributed by atoms with E-state index in [1.54, 1.807) is 6.92 Å². The molecule has 1 aliphatic rings. The summed E-state index contributed by atoms with van der Waals surface area (Å²) < 4.78 is 90.1. The smallest absolute Gasteiger partial charge is 0.446 e. The maximum atomic E-state index is 15.0. The minimum Gasteiger partial charge on any atom is -0.588 e. The van der Waals surface area contributed by atoms with Crippen LogP contribution in [0.2, 0.25) is 5.02 Å². The molecule has 1 heterocycles. The number of amides is 1. The molecule has 4 rings (SSSR count). The SMILES string of the molecule is CC1CN(C)C(=O)c2cc(Cl)c(O)c(c2)[S+]([O-])Nc2cc(c(F)cc2F)-c2cc(SC(F)(F)F)ccc2O1. The van der Waals surface area contributed by atoms with Gasteiger partial charge in [-0.1, -0.05) is 11.6 Å². The van der Waals surface area contributed by atoms with Crippen LogP contribution < -0.4 is 9.46 Å². The van der Waals surface area contributed by atoms with Crippen molar-refractivity contribution >= 4 is 46.3 Å². The maximum absolute atomic E-state index is 15.0. The van der Waals surface area contributed by atoms with Crippen LogP contribution in [-0.2, 0) is 11.4 Å². The highest BCUT2D eigenvalue weighted by Crippen LogP contribution is 2.43. The highest BCUT2D eigenvalue weighted by atomic mass is 35.5. The molecule has 0 spiro atoms. The number of hydrogen-bond acceptors (Lipinski definition) is 6. The van der Waals surface area contributed by atoms with Crippen LogP contribution in [-0.4, -0.2) is 45.7 Å². The maximum Gasteiger partial charge on any atom is 0.446 e. The molecule has 3 aromatic rings. The standard InChI is InChI=1S/C24H18ClF5N2O4S2/c1-11-10-32(2)23(34)12-5-16(25)22(33)21(6-12)38(35)31-19-8-14(17(26)9-18(19)27)15-7-13(37-24(28,29)30)3-4-20(15)36-11/h3-9,11,31,33H,10H2,1-2H3. The van der Waals surface area contributed by atoms with E-state index in [1.165, 1.54) is 24.1 Å². The fraction of sp³-hybridized carbons (Fsp3) is 0.208. The van der Waals surface area contributed by atoms with Crippen LogP contribution in [0, 0.1) is 11.6 Å². The number of thioether (sulfide) groups is 1. The van der Waals surface area contributed by atoms with E-state index in [0.29, 0.717) is 6.07 Å². The first-order valence-electron chi connectivity index (χ1n) is 10.8. The van der Waals surface area contributed by atoms with Crippen molar-refractivity contribution in [3.63, 3.8) is 0 Å². The van der Waals surface area contributed by atoms with Gasteiger partial charge in [0, 0.05) is 40.8 Å². The van der Waals surface area contributed by atoms with Crippen molar-refractivity contribution in [2.75, 3.05) is 18.3 Å². The van der Waals surface area contributed by atoms with Crippen LogP contribution in [0.4, 0.5) is 27.6 Å². The van der Waals surface area contributed by atoms with Crippen LogP contribution in [0.15, 0.2) is 52.3 Å². The molecule has 3 aromatic carbocycles. The molecule has 14 heteroatoms. The second kappa shape index (κ2) is 10.7. The van der Waals surface area contributed by atoms with Crippen molar-refractivity contribution < 1.29 is 41.1 Å². The summed E-state index contributed by atoms with van der Waals surface area (Å²) in [5.41, 5.74) is -5.63. The van der Waals surface area contributed by atoms with E-state index in [4.69, 9.17) is 16.3 Å². The number of benzene rings is 3. The molecule has 4 bridgehead atoms. The Morgan fingerprint density at radius 1 is 1.16 bits per heavy atom. The molecule has 0 radical (unpaired) electrons. The van der Waals surface area contributed by atoms with Crippen molar-refractivity contribution in [2.45, 2.75) is 28.3 Å². The van der Waals surface area contributed by atoms with Gasteiger partial charge in [-0.05, 0) is 49.0 Å². The number of aromatic hydroxyl groups is 1. The monoisotopic (exact) mass is 592 g/mol. The van der Waals surface area contributed by atoms with Crippen molar-refractivity contribution in [3.8, 4) is 22.6 Å². The number of halogens is 6. The summed E-state index contributed by atoms with van der Waals surface area (Å²) in [6.45, 7) is 1.56. The van der Waals surface area contributed by atoms with Gasteiger partial charge in [-0.15, -0.1) is 0 Å². The van der Waals surface area contributed by atoms with Gasteiger partial charge in [0.15, 0.2) is 11.6 Å². The van der Waals surface area contributed by atoms with Gasteiger partial charge in [-0.2, -0.15) is 13.2 Å². The Labute approximate surface area is 226 Å². The molecule has 1 amide bonds. The molecule has 38 heavy (non-hydrogen) atoms. The third-order valence-electron chi connectivity index (χ3n) is 5.42. The van der Waals surface area contributed by atoms with Crippen LogP contribution in [0.5, 0.6) is 11.5 Å². The largest absolute Gasteiger partial charge is 0.588 e. The predicted molar refractivity (Wildman–Crippen MR) is 134 cm³/mol. The topological polar surface area (TPSA) is 84.9 Å². The minimum absolute atomic E-state index is 0.0242. The van der Waals surface area contributed by atoms with Crippen LogP contribution in [0.25, 0.3) is 11.1 Å². The van der Waals surface area contributed by atoms with Crippen LogP contribution in [0.3, 0.4) is 0 Å². The Morgan fingerprint density at radius 3 is 2.55 bits per heavy atom. The summed E-state index contributed by atoms with van der Waals surface area (Å²) in [5.74, 6) is -3.52. The molecular weight excluding hydrogens is 575 g/mol. The fourth-order valence-electron chi connectivity index (χ4n) is 3.79. The van der Waals surface area contributed by atoms with E-state index in [-0.39, 0.29) is 43.8 Å². The number of ether oxygens (including phenoxy) is 1. The number of carbonyl (C=O) groups is 1. The van der Waals surface area contributed by atoms with Gasteiger partial charge in [-0.3, -0.25) is 4.79 Å². The molecule has 6 nitrogen and oxygen atoms in total. The normalized spacial score (nSPS) is 18.1. The van der Waals surface area contributed by atoms with Gasteiger partial charge >= 0.3 is 5.51 Å². The first-order valence-corrected chi connectivity index (χ1v) is 13.1. The zero-order valence-corrected chi connectivity index (χ0v) is 21.9. The number of carbonyl (C=O) groups excluding carboxylic acids is 1. The number of anilines is 1. The van der Waals surface area contributed by atoms with Gasteiger partial charge in [-0.25, -0.2) is 13.5 Å². The third-order valence-corrected chi connectivity index (χ3v) is 7.54. The van der Waals surface area contributed by atoms with Gasteiger partial charge in [0.05, 0.1) is 11.6 Å². The van der Waals surface area contributed by atoms with Gasteiger partial charge in [0.1, 0.15) is 34.7 Å². The van der Waals surface area contributed by atoms with Crippen LogP contribution >= 0.6 is 23.4 Å². The summed E-state index contributed by atoms with van der Waals surface area (Å²) in [4.78, 5) is 13.7. The quantitative estimate of drug-likeness (QED) is 0.188. The lowest BCUT2D eigenvalue weighted by Gasteiger charge is -2.24. The van der Waals surface area contributed by atoms with E-state index in [1.807, 2.05) is 0 Å². The summed E-state index contributed by atoms with van der Waals surface area (Å²) >= 11 is 3.22. The average molecular weight is 593 g/mol. The summed E-state index contributed by atoms with van der Waals surface area (Å²) in [5, 5.41) is 10.1. The number of nitrogens with zero attached hydrogens (tertiary/aromatic N) is 1. The number of phenols is 1. The van der Waals surface area contributed by atoms with Crippen molar-refractivity contribution in [1.29, 1.82) is 0 Å². The molecular formula is C24H18ClF5N2O4S2. The Hall–Kier alpha value is -2.87. The number of fused-ring (bicyclic) bond motifs is 6. The second-order valence-electron chi connectivity index (χ2n) is 8.31. The Kier molecular flexibility index (Phi) is 7.94. The minimum atomic E-state index is -4.63. The van der Waals surface area contributed by atoms with Gasteiger partial charge in [0.2, 0.25) is 4.90 Å². The van der Waals surface area contributed by atoms with E-state index in [2.05, 4.69) is 4.72 Å². The molecule has 1 aliphatic heterocycles. The lowest BCUT2D eigenvalue weighted by Crippen LogP contribution is -2.35. The second-order valence-corrected chi connectivity index (χ2v) is 11.0. The lowest BCUT2D eigenvalue weighted by molar-refractivity contribution is -0.0328. The molecule has 0 aliphatic carbocycles. The number of rotatable bonds is 1. The third kappa shape index (κ3) is 6.06. The highest BCUT2D eigenvalue weighted by molar-refractivity contribution is 8.00. The zero-order valence-electron chi connectivity index (χ0n) is 19.5. The number of hydrogen-bond donors (Lipinski definition) is 2.